The zero-order chi connectivity index (χ0) is 20.3. The molecule has 0 atom stereocenters. The SMILES string of the molecule is CC1(C)CCc2ccc(-c3cccc(N4CCN(CCCCCO)CC4)n3)cc21. The molecule has 1 aliphatic heterocycles. The Bertz CT molecular complexity index is 825. The minimum Gasteiger partial charge on any atom is -0.396 e. The molecule has 1 aromatic heterocycles. The Morgan fingerprint density at radius 1 is 1.00 bits per heavy atom. The van der Waals surface area contributed by atoms with Gasteiger partial charge in [0.2, 0.25) is 0 Å². The van der Waals surface area contributed by atoms with Gasteiger partial charge in [0.05, 0.1) is 5.69 Å². The Hall–Kier alpha value is -1.91. The normalized spacial score (nSPS) is 18.8. The molecular weight excluding hydrogens is 358 g/mol. The minimum atomic E-state index is 0.274. The molecule has 1 fully saturated rings. The first-order valence-corrected chi connectivity index (χ1v) is 11.3. The maximum absolute atomic E-state index is 8.91. The van der Waals surface area contributed by atoms with Gasteiger partial charge in [-0.3, -0.25) is 4.90 Å². The lowest BCUT2D eigenvalue weighted by Gasteiger charge is -2.35. The summed E-state index contributed by atoms with van der Waals surface area (Å²) in [5.41, 5.74) is 5.60. The van der Waals surface area contributed by atoms with E-state index in [0.29, 0.717) is 6.61 Å². The van der Waals surface area contributed by atoms with Crippen LogP contribution in [0.3, 0.4) is 0 Å². The molecule has 2 aromatic rings. The largest absolute Gasteiger partial charge is 0.396 e. The molecule has 0 saturated carbocycles. The maximum atomic E-state index is 8.91. The van der Waals surface area contributed by atoms with Gasteiger partial charge in [0, 0.05) is 38.3 Å². The molecule has 4 nitrogen and oxygen atoms in total. The Kier molecular flexibility index (Phi) is 6.21. The van der Waals surface area contributed by atoms with Gasteiger partial charge in [-0.1, -0.05) is 32.0 Å². The van der Waals surface area contributed by atoms with Gasteiger partial charge in [-0.2, -0.15) is 0 Å². The number of rotatable bonds is 7. The first-order chi connectivity index (χ1) is 14.1. The van der Waals surface area contributed by atoms with Crippen LogP contribution in [0.5, 0.6) is 0 Å². The molecule has 29 heavy (non-hydrogen) atoms. The van der Waals surface area contributed by atoms with Crippen LogP contribution in [0, 0.1) is 0 Å². The molecule has 0 unspecified atom stereocenters. The first kappa shape index (κ1) is 20.4. The number of nitrogens with zero attached hydrogens (tertiary/aromatic N) is 3. The number of aliphatic hydroxyl groups is 1. The standard InChI is InChI=1S/C25H35N3O/c1-25(2)12-11-20-9-10-21(19-22(20)25)23-7-6-8-24(26-23)28-16-14-27(15-17-28)13-4-3-5-18-29/h6-10,19,29H,3-5,11-18H2,1-2H3. The Morgan fingerprint density at radius 2 is 1.83 bits per heavy atom. The number of pyridine rings is 1. The highest BCUT2D eigenvalue weighted by atomic mass is 16.2. The number of hydrogen-bond acceptors (Lipinski definition) is 4. The van der Waals surface area contributed by atoms with E-state index in [4.69, 9.17) is 10.1 Å². The molecule has 0 amide bonds. The second kappa shape index (κ2) is 8.85. The van der Waals surface area contributed by atoms with Crippen molar-refractivity contribution in [3.63, 3.8) is 0 Å². The van der Waals surface area contributed by atoms with Gasteiger partial charge < -0.3 is 10.0 Å². The van der Waals surface area contributed by atoms with Crippen molar-refractivity contribution in [2.24, 2.45) is 0 Å². The molecule has 1 aromatic carbocycles. The summed E-state index contributed by atoms with van der Waals surface area (Å²) >= 11 is 0. The molecule has 1 saturated heterocycles. The van der Waals surface area contributed by atoms with Crippen LogP contribution in [0.25, 0.3) is 11.3 Å². The van der Waals surface area contributed by atoms with Gasteiger partial charge in [0.15, 0.2) is 0 Å². The van der Waals surface area contributed by atoms with E-state index in [1.165, 1.54) is 36.0 Å². The van der Waals surface area contributed by atoms with E-state index < -0.39 is 0 Å². The second-order valence-corrected chi connectivity index (χ2v) is 9.25. The number of aromatic nitrogens is 1. The van der Waals surface area contributed by atoms with Crippen molar-refractivity contribution in [1.29, 1.82) is 0 Å². The molecule has 4 heteroatoms. The maximum Gasteiger partial charge on any atom is 0.129 e. The number of benzene rings is 1. The summed E-state index contributed by atoms with van der Waals surface area (Å²) < 4.78 is 0. The van der Waals surface area contributed by atoms with E-state index in [2.05, 4.69) is 60.0 Å². The lowest BCUT2D eigenvalue weighted by atomic mass is 9.85. The molecule has 0 bridgehead atoms. The number of anilines is 1. The Labute approximate surface area is 175 Å². The van der Waals surface area contributed by atoms with E-state index in [1.54, 1.807) is 0 Å². The average molecular weight is 394 g/mol. The lowest BCUT2D eigenvalue weighted by Crippen LogP contribution is -2.46. The van der Waals surface area contributed by atoms with Crippen molar-refractivity contribution < 1.29 is 5.11 Å². The van der Waals surface area contributed by atoms with Crippen molar-refractivity contribution in [2.45, 2.75) is 51.4 Å². The topological polar surface area (TPSA) is 39.6 Å². The van der Waals surface area contributed by atoms with Crippen LogP contribution in [0.2, 0.25) is 0 Å². The van der Waals surface area contributed by atoms with Crippen molar-refractivity contribution in [3.8, 4) is 11.3 Å². The summed E-state index contributed by atoms with van der Waals surface area (Å²) in [6.07, 6.45) is 5.67. The first-order valence-electron chi connectivity index (χ1n) is 11.3. The highest BCUT2D eigenvalue weighted by Gasteiger charge is 2.29. The second-order valence-electron chi connectivity index (χ2n) is 9.25. The zero-order valence-corrected chi connectivity index (χ0v) is 18.0. The van der Waals surface area contributed by atoms with Gasteiger partial charge in [-0.05, 0) is 73.4 Å². The number of unbranched alkanes of at least 4 members (excludes halogenated alkanes) is 2. The van der Waals surface area contributed by atoms with E-state index in [0.717, 1.165) is 57.1 Å². The molecule has 0 radical (unpaired) electrons. The quantitative estimate of drug-likeness (QED) is 0.714. The predicted molar refractivity (Wildman–Crippen MR) is 121 cm³/mol. The third-order valence-electron chi connectivity index (χ3n) is 6.72. The number of hydrogen-bond donors (Lipinski definition) is 1. The molecule has 1 N–H and O–H groups in total. The number of aliphatic hydroxyl groups excluding tert-OH is 1. The van der Waals surface area contributed by atoms with Crippen LogP contribution >= 0.6 is 0 Å². The highest BCUT2D eigenvalue weighted by Crippen LogP contribution is 2.40. The monoisotopic (exact) mass is 393 g/mol. The number of fused-ring (bicyclic) bond motifs is 1. The lowest BCUT2D eigenvalue weighted by molar-refractivity contribution is 0.242. The fourth-order valence-corrected chi connectivity index (χ4v) is 4.75. The van der Waals surface area contributed by atoms with E-state index in [9.17, 15) is 0 Å². The molecular formula is C25H35N3O. The van der Waals surface area contributed by atoms with Gasteiger partial charge in [0.1, 0.15) is 5.82 Å². The fraction of sp³-hybridized carbons (Fsp3) is 0.560. The molecule has 4 rings (SSSR count). The zero-order valence-electron chi connectivity index (χ0n) is 18.0. The molecule has 1 aliphatic carbocycles. The molecule has 2 aliphatic rings. The molecule has 0 spiro atoms. The van der Waals surface area contributed by atoms with Crippen molar-refractivity contribution >= 4 is 5.82 Å². The smallest absolute Gasteiger partial charge is 0.129 e. The van der Waals surface area contributed by atoms with Crippen LogP contribution < -0.4 is 4.90 Å². The average Bonchev–Trinajstić information content (AvgIpc) is 3.06. The number of piperazine rings is 1. The summed E-state index contributed by atoms with van der Waals surface area (Å²) in [6, 6.07) is 13.4. The predicted octanol–water partition coefficient (Wildman–Crippen LogP) is 4.26. The van der Waals surface area contributed by atoms with Crippen LogP contribution in [0.15, 0.2) is 36.4 Å². The fourth-order valence-electron chi connectivity index (χ4n) is 4.75. The van der Waals surface area contributed by atoms with Crippen molar-refractivity contribution in [3.05, 3.63) is 47.5 Å². The highest BCUT2D eigenvalue weighted by molar-refractivity contribution is 5.64. The third kappa shape index (κ3) is 4.65. The Balaban J connectivity index is 1.41. The van der Waals surface area contributed by atoms with Gasteiger partial charge >= 0.3 is 0 Å². The van der Waals surface area contributed by atoms with Crippen LogP contribution in [0.4, 0.5) is 5.82 Å². The molecule has 2 heterocycles. The minimum absolute atomic E-state index is 0.274. The summed E-state index contributed by atoms with van der Waals surface area (Å²) in [6.45, 7) is 10.4. The van der Waals surface area contributed by atoms with Crippen molar-refractivity contribution in [2.75, 3.05) is 44.2 Å². The summed E-state index contributed by atoms with van der Waals surface area (Å²) in [5.74, 6) is 1.10. The van der Waals surface area contributed by atoms with Crippen LogP contribution in [-0.4, -0.2) is 54.3 Å². The van der Waals surface area contributed by atoms with Gasteiger partial charge in [-0.15, -0.1) is 0 Å². The molecule has 156 valence electrons. The van der Waals surface area contributed by atoms with E-state index in [-0.39, 0.29) is 5.41 Å². The summed E-state index contributed by atoms with van der Waals surface area (Å²) in [4.78, 5) is 9.99. The van der Waals surface area contributed by atoms with Gasteiger partial charge in [0.25, 0.3) is 0 Å². The third-order valence-corrected chi connectivity index (χ3v) is 6.72. The van der Waals surface area contributed by atoms with E-state index >= 15 is 0 Å². The van der Waals surface area contributed by atoms with Crippen LogP contribution in [-0.2, 0) is 11.8 Å². The number of aryl methyl sites for hydroxylation is 1. The van der Waals surface area contributed by atoms with Crippen LogP contribution in [0.1, 0.15) is 50.7 Å². The van der Waals surface area contributed by atoms with E-state index in [1.807, 2.05) is 0 Å². The van der Waals surface area contributed by atoms with Crippen molar-refractivity contribution in [1.82, 2.24) is 9.88 Å². The summed E-state index contributed by atoms with van der Waals surface area (Å²) in [7, 11) is 0. The van der Waals surface area contributed by atoms with Gasteiger partial charge in [-0.25, -0.2) is 4.98 Å². The summed E-state index contributed by atoms with van der Waals surface area (Å²) in [5, 5.41) is 8.91. The Morgan fingerprint density at radius 3 is 2.62 bits per heavy atom.